The zero-order valence-electron chi connectivity index (χ0n) is 7.46. The van der Waals surface area contributed by atoms with Gasteiger partial charge in [0.15, 0.2) is 0 Å². The monoisotopic (exact) mass is 230 g/mol. The number of aromatic amines is 1. The van der Waals surface area contributed by atoms with E-state index in [0.717, 1.165) is 10.6 Å². The van der Waals surface area contributed by atoms with Gasteiger partial charge in [-0.1, -0.05) is 37.6 Å². The smallest absolute Gasteiger partial charge is 0.132 e. The van der Waals surface area contributed by atoms with Gasteiger partial charge < -0.3 is 0 Å². The number of thioether (sulfide) groups is 1. The Bertz CT molecular complexity index is 371. The number of hydrogen-bond acceptors (Lipinski definition) is 4. The summed E-state index contributed by atoms with van der Waals surface area (Å²) in [6.45, 7) is 4.28. The second-order valence-corrected chi connectivity index (χ2v) is 5.58. The van der Waals surface area contributed by atoms with Gasteiger partial charge in [0.1, 0.15) is 16.3 Å². The van der Waals surface area contributed by atoms with Crippen molar-refractivity contribution in [3.05, 3.63) is 10.2 Å². The molecule has 1 aromatic heterocycles. The highest BCUT2D eigenvalue weighted by Crippen LogP contribution is 2.31. The Morgan fingerprint density at radius 1 is 1.77 bits per heavy atom. The van der Waals surface area contributed by atoms with E-state index in [0.29, 0.717) is 15.5 Å². The second-order valence-electron chi connectivity index (χ2n) is 2.64. The van der Waals surface area contributed by atoms with Gasteiger partial charge in [-0.15, -0.1) is 11.8 Å². The van der Waals surface area contributed by atoms with E-state index < -0.39 is 0 Å². The normalized spacial score (nSPS) is 12.4. The molecule has 0 aromatic carbocycles. The number of H-pyrrole nitrogens is 1. The summed E-state index contributed by atoms with van der Waals surface area (Å²) in [5.41, 5.74) is 0.630. The molecule has 70 valence electrons. The van der Waals surface area contributed by atoms with Gasteiger partial charge in [-0.05, 0) is 6.42 Å². The van der Waals surface area contributed by atoms with Crippen LogP contribution >= 0.6 is 35.5 Å². The van der Waals surface area contributed by atoms with Gasteiger partial charge in [-0.2, -0.15) is 5.26 Å². The standard InChI is InChI=1S/C8H10N2S3/c1-3-5(2)12-8-6(4-9)7(11)10-13-8/h5H,3H2,1-2H3,(H,10,11). The molecule has 0 aliphatic rings. The first-order chi connectivity index (χ1) is 6.19. The molecular formula is C8H10N2S3. The van der Waals surface area contributed by atoms with Crippen molar-refractivity contribution >= 4 is 35.5 Å². The molecule has 1 aromatic rings. The van der Waals surface area contributed by atoms with Crippen LogP contribution in [-0.4, -0.2) is 9.62 Å². The summed E-state index contributed by atoms with van der Waals surface area (Å²) < 4.78 is 4.51. The van der Waals surface area contributed by atoms with Crippen molar-refractivity contribution in [3.63, 3.8) is 0 Å². The molecule has 1 atom stereocenters. The molecule has 1 unspecified atom stereocenters. The average molecular weight is 230 g/mol. The molecule has 2 nitrogen and oxygen atoms in total. The molecule has 0 amide bonds. The van der Waals surface area contributed by atoms with E-state index in [2.05, 4.69) is 24.3 Å². The lowest BCUT2D eigenvalue weighted by Gasteiger charge is -2.04. The highest BCUT2D eigenvalue weighted by molar-refractivity contribution is 8.01. The third kappa shape index (κ3) is 2.56. The summed E-state index contributed by atoms with van der Waals surface area (Å²) in [6.07, 6.45) is 1.10. The molecule has 0 saturated heterocycles. The van der Waals surface area contributed by atoms with E-state index in [9.17, 15) is 0 Å². The van der Waals surface area contributed by atoms with Crippen LogP contribution in [0.2, 0.25) is 0 Å². The van der Waals surface area contributed by atoms with Gasteiger partial charge >= 0.3 is 0 Å². The molecule has 0 fully saturated rings. The van der Waals surface area contributed by atoms with Crippen LogP contribution in [-0.2, 0) is 0 Å². The molecule has 1 heterocycles. The van der Waals surface area contributed by atoms with Crippen LogP contribution in [0.5, 0.6) is 0 Å². The van der Waals surface area contributed by atoms with Crippen molar-refractivity contribution in [1.29, 1.82) is 5.26 Å². The minimum absolute atomic E-state index is 0.536. The van der Waals surface area contributed by atoms with Crippen LogP contribution in [0, 0.1) is 16.0 Å². The maximum absolute atomic E-state index is 8.83. The molecule has 0 aliphatic carbocycles. The molecule has 0 spiro atoms. The van der Waals surface area contributed by atoms with Crippen molar-refractivity contribution in [1.82, 2.24) is 4.37 Å². The highest BCUT2D eigenvalue weighted by Gasteiger charge is 2.10. The topological polar surface area (TPSA) is 39.6 Å². The maximum Gasteiger partial charge on any atom is 0.132 e. The van der Waals surface area contributed by atoms with E-state index in [-0.39, 0.29) is 0 Å². The Balaban J connectivity index is 2.90. The van der Waals surface area contributed by atoms with Crippen LogP contribution in [0.4, 0.5) is 0 Å². The first kappa shape index (κ1) is 10.8. The fourth-order valence-corrected chi connectivity index (χ4v) is 3.28. The fourth-order valence-electron chi connectivity index (χ4n) is 0.733. The summed E-state index contributed by atoms with van der Waals surface area (Å²) in [7, 11) is 0. The van der Waals surface area contributed by atoms with E-state index in [4.69, 9.17) is 17.5 Å². The number of aromatic nitrogens is 1. The molecule has 5 heteroatoms. The van der Waals surface area contributed by atoms with Crippen LogP contribution in [0.3, 0.4) is 0 Å². The van der Waals surface area contributed by atoms with Crippen LogP contribution in [0.15, 0.2) is 4.21 Å². The average Bonchev–Trinajstić information content (AvgIpc) is 2.46. The summed E-state index contributed by atoms with van der Waals surface area (Å²) in [5, 5.41) is 9.37. The second kappa shape index (κ2) is 4.80. The lowest BCUT2D eigenvalue weighted by Crippen LogP contribution is -1.91. The molecule has 0 aliphatic heterocycles. The quantitative estimate of drug-likeness (QED) is 0.637. The predicted molar refractivity (Wildman–Crippen MR) is 59.8 cm³/mol. The van der Waals surface area contributed by atoms with Gasteiger partial charge in [-0.25, -0.2) is 0 Å². The zero-order valence-corrected chi connectivity index (χ0v) is 9.91. The Morgan fingerprint density at radius 2 is 2.46 bits per heavy atom. The Labute approximate surface area is 91.1 Å². The molecule has 1 rings (SSSR count). The highest BCUT2D eigenvalue weighted by atomic mass is 32.2. The number of rotatable bonds is 3. The van der Waals surface area contributed by atoms with Gasteiger partial charge in [0.05, 0.1) is 4.21 Å². The lowest BCUT2D eigenvalue weighted by molar-refractivity contribution is 0.907. The Hall–Kier alpha value is -0.310. The third-order valence-electron chi connectivity index (χ3n) is 1.66. The van der Waals surface area contributed by atoms with Crippen molar-refractivity contribution in [2.75, 3.05) is 0 Å². The number of nitrogens with zero attached hydrogens (tertiary/aromatic N) is 1. The van der Waals surface area contributed by atoms with Crippen LogP contribution in [0.1, 0.15) is 25.8 Å². The third-order valence-corrected chi connectivity index (χ3v) is 4.49. The zero-order chi connectivity index (χ0) is 9.84. The van der Waals surface area contributed by atoms with Crippen molar-refractivity contribution in [2.45, 2.75) is 29.7 Å². The summed E-state index contributed by atoms with van der Waals surface area (Å²) in [6, 6.07) is 2.13. The number of nitriles is 1. The first-order valence-electron chi connectivity index (χ1n) is 3.97. The minimum Gasteiger partial charge on any atom is -0.300 e. The number of hydrogen-bond donors (Lipinski definition) is 1. The van der Waals surface area contributed by atoms with Gasteiger partial charge in [0.25, 0.3) is 0 Å². The largest absolute Gasteiger partial charge is 0.300 e. The summed E-state index contributed by atoms with van der Waals surface area (Å²) in [5.74, 6) is 0. The molecule has 13 heavy (non-hydrogen) atoms. The fraction of sp³-hybridized carbons (Fsp3) is 0.500. The predicted octanol–water partition coefficient (Wildman–Crippen LogP) is 3.57. The Morgan fingerprint density at radius 3 is 3.00 bits per heavy atom. The van der Waals surface area contributed by atoms with Gasteiger partial charge in [0.2, 0.25) is 0 Å². The summed E-state index contributed by atoms with van der Waals surface area (Å²) >= 11 is 8.15. The molecule has 0 radical (unpaired) electrons. The Kier molecular flexibility index (Phi) is 3.97. The SMILES string of the molecule is CCC(C)Sc1s[nH]c(=S)c1C#N. The molecule has 0 saturated carbocycles. The van der Waals surface area contributed by atoms with E-state index in [1.54, 1.807) is 11.8 Å². The van der Waals surface area contributed by atoms with E-state index in [1.165, 1.54) is 11.5 Å². The maximum atomic E-state index is 8.83. The van der Waals surface area contributed by atoms with Crippen molar-refractivity contribution in [2.24, 2.45) is 0 Å². The van der Waals surface area contributed by atoms with Gasteiger partial charge in [-0.3, -0.25) is 4.37 Å². The van der Waals surface area contributed by atoms with Gasteiger partial charge in [0, 0.05) is 5.25 Å². The van der Waals surface area contributed by atoms with Crippen molar-refractivity contribution < 1.29 is 0 Å². The lowest BCUT2D eigenvalue weighted by atomic mass is 10.4. The van der Waals surface area contributed by atoms with Crippen molar-refractivity contribution in [3.8, 4) is 6.07 Å². The molecular weight excluding hydrogens is 220 g/mol. The minimum atomic E-state index is 0.536. The molecule has 0 bridgehead atoms. The number of nitrogens with one attached hydrogen (secondary N) is 1. The molecule has 1 N–H and O–H groups in total. The summed E-state index contributed by atoms with van der Waals surface area (Å²) in [4.78, 5) is 0. The van der Waals surface area contributed by atoms with Crippen LogP contribution < -0.4 is 0 Å². The van der Waals surface area contributed by atoms with E-state index in [1.807, 2.05) is 0 Å². The van der Waals surface area contributed by atoms with Crippen LogP contribution in [0.25, 0.3) is 0 Å². The first-order valence-corrected chi connectivity index (χ1v) is 6.07. The van der Waals surface area contributed by atoms with E-state index >= 15 is 0 Å².